The van der Waals surface area contributed by atoms with Gasteiger partial charge >= 0.3 is 5.97 Å². The van der Waals surface area contributed by atoms with Crippen LogP contribution in [0.4, 0.5) is 0 Å². The van der Waals surface area contributed by atoms with Crippen molar-refractivity contribution in [3.8, 4) is 0 Å². The first-order chi connectivity index (χ1) is 8.06. The van der Waals surface area contributed by atoms with Gasteiger partial charge in [-0.2, -0.15) is 9.90 Å². The molecule has 0 aliphatic rings. The highest BCUT2D eigenvalue weighted by molar-refractivity contribution is 9.11. The second kappa shape index (κ2) is 4.97. The molecule has 0 fully saturated rings. The lowest BCUT2D eigenvalue weighted by Gasteiger charge is -2.04. The predicted octanol–water partition coefficient (Wildman–Crippen LogP) is 2.55. The molecule has 0 unspecified atom stereocenters. The summed E-state index contributed by atoms with van der Waals surface area (Å²) in [7, 11) is 0. The first-order valence-electron chi connectivity index (χ1n) is 4.63. The lowest BCUT2D eigenvalue weighted by Crippen LogP contribution is -2.06. The predicted molar refractivity (Wildman–Crippen MR) is 67.9 cm³/mol. The highest BCUT2D eigenvalue weighted by atomic mass is 79.9. The van der Waals surface area contributed by atoms with E-state index in [0.29, 0.717) is 6.54 Å². The van der Waals surface area contributed by atoms with Gasteiger partial charge in [-0.25, -0.2) is 4.79 Å². The highest BCUT2D eigenvalue weighted by Gasteiger charge is 2.09. The lowest BCUT2D eigenvalue weighted by molar-refractivity contribution is 0.0689. The van der Waals surface area contributed by atoms with Gasteiger partial charge in [0.2, 0.25) is 0 Å². The van der Waals surface area contributed by atoms with Crippen LogP contribution in [-0.4, -0.2) is 26.1 Å². The maximum atomic E-state index is 10.7. The fraction of sp³-hybridized carbons (Fsp3) is 0.100. The van der Waals surface area contributed by atoms with E-state index in [-0.39, 0.29) is 5.69 Å². The Hall–Kier alpha value is -1.21. The quantitative estimate of drug-likeness (QED) is 0.913. The largest absolute Gasteiger partial charge is 0.476 e. The van der Waals surface area contributed by atoms with Crippen LogP contribution in [-0.2, 0) is 6.54 Å². The Morgan fingerprint density at radius 1 is 1.41 bits per heavy atom. The molecule has 7 heteroatoms. The summed E-state index contributed by atoms with van der Waals surface area (Å²) < 4.78 is 1.87. The molecule has 0 spiro atoms. The third kappa shape index (κ3) is 2.92. The topological polar surface area (TPSA) is 68.0 Å². The molecule has 88 valence electrons. The monoisotopic (exact) mass is 359 g/mol. The molecule has 0 amide bonds. The first-order valence-corrected chi connectivity index (χ1v) is 6.22. The van der Waals surface area contributed by atoms with Crippen molar-refractivity contribution in [2.45, 2.75) is 6.54 Å². The van der Waals surface area contributed by atoms with Crippen molar-refractivity contribution in [1.29, 1.82) is 0 Å². The SMILES string of the molecule is O=C(O)c1cnn(Cc2cc(Br)ccc2Br)n1. The molecule has 5 nitrogen and oxygen atoms in total. The van der Waals surface area contributed by atoms with E-state index >= 15 is 0 Å². The number of rotatable bonds is 3. The Balaban J connectivity index is 2.25. The van der Waals surface area contributed by atoms with Crippen molar-refractivity contribution in [3.05, 3.63) is 44.6 Å². The molecule has 1 heterocycles. The molecule has 0 atom stereocenters. The van der Waals surface area contributed by atoms with E-state index in [1.807, 2.05) is 18.2 Å². The number of carbonyl (C=O) groups is 1. The van der Waals surface area contributed by atoms with Gasteiger partial charge in [0, 0.05) is 8.95 Å². The second-order valence-corrected chi connectivity index (χ2v) is 5.07. The molecular formula is C10H7Br2N3O2. The minimum Gasteiger partial charge on any atom is -0.476 e. The zero-order valence-corrected chi connectivity index (χ0v) is 11.6. The van der Waals surface area contributed by atoms with Crippen molar-refractivity contribution in [1.82, 2.24) is 15.0 Å². The summed E-state index contributed by atoms with van der Waals surface area (Å²) in [5.74, 6) is -1.08. The standard InChI is InChI=1S/C10H7Br2N3O2/c11-7-1-2-8(12)6(3-7)5-15-13-4-9(14-15)10(16)17/h1-4H,5H2,(H,16,17). The van der Waals surface area contributed by atoms with Crippen molar-refractivity contribution < 1.29 is 9.90 Å². The summed E-state index contributed by atoms with van der Waals surface area (Å²) in [6.07, 6.45) is 1.23. The van der Waals surface area contributed by atoms with Gasteiger partial charge < -0.3 is 5.11 Å². The number of benzene rings is 1. The number of hydrogen-bond donors (Lipinski definition) is 1. The molecule has 2 aromatic rings. The van der Waals surface area contributed by atoms with Crippen molar-refractivity contribution in [2.75, 3.05) is 0 Å². The first kappa shape index (κ1) is 12.3. The van der Waals surface area contributed by atoms with E-state index in [2.05, 4.69) is 42.1 Å². The number of hydrogen-bond acceptors (Lipinski definition) is 3. The van der Waals surface area contributed by atoms with Crippen LogP contribution in [0, 0.1) is 0 Å². The molecule has 0 bridgehead atoms. The summed E-state index contributed by atoms with van der Waals surface area (Å²) in [6, 6.07) is 5.74. The number of halogens is 2. The second-order valence-electron chi connectivity index (χ2n) is 3.30. The van der Waals surface area contributed by atoms with Crippen LogP contribution >= 0.6 is 31.9 Å². The minimum absolute atomic E-state index is 0.0591. The van der Waals surface area contributed by atoms with E-state index in [9.17, 15) is 4.79 Å². The fourth-order valence-corrected chi connectivity index (χ4v) is 2.07. The van der Waals surface area contributed by atoms with Crippen LogP contribution < -0.4 is 0 Å². The molecule has 2 rings (SSSR count). The van der Waals surface area contributed by atoms with Gasteiger partial charge in [-0.15, -0.1) is 5.10 Å². The molecule has 17 heavy (non-hydrogen) atoms. The van der Waals surface area contributed by atoms with Gasteiger partial charge in [-0.1, -0.05) is 31.9 Å². The van der Waals surface area contributed by atoms with Crippen LogP contribution in [0.5, 0.6) is 0 Å². The Morgan fingerprint density at radius 3 is 2.82 bits per heavy atom. The van der Waals surface area contributed by atoms with E-state index < -0.39 is 5.97 Å². The van der Waals surface area contributed by atoms with Crippen LogP contribution in [0.1, 0.15) is 16.1 Å². The van der Waals surface area contributed by atoms with E-state index in [4.69, 9.17) is 5.11 Å². The molecule has 1 aromatic heterocycles. The van der Waals surface area contributed by atoms with Crippen molar-refractivity contribution >= 4 is 37.8 Å². The Kier molecular flexibility index (Phi) is 3.58. The summed E-state index contributed by atoms with van der Waals surface area (Å²) in [5, 5.41) is 16.5. The Labute approximate surface area is 114 Å². The highest BCUT2D eigenvalue weighted by Crippen LogP contribution is 2.21. The molecule has 0 saturated heterocycles. The van der Waals surface area contributed by atoms with Crippen LogP contribution in [0.3, 0.4) is 0 Å². The third-order valence-corrected chi connectivity index (χ3v) is 3.34. The summed E-state index contributed by atoms with van der Waals surface area (Å²) in [4.78, 5) is 12.0. The third-order valence-electron chi connectivity index (χ3n) is 2.08. The van der Waals surface area contributed by atoms with Crippen molar-refractivity contribution in [2.24, 2.45) is 0 Å². The number of carboxylic acids is 1. The number of aromatic carboxylic acids is 1. The van der Waals surface area contributed by atoms with Crippen LogP contribution in [0.2, 0.25) is 0 Å². The van der Waals surface area contributed by atoms with Crippen molar-refractivity contribution in [3.63, 3.8) is 0 Å². The zero-order chi connectivity index (χ0) is 12.4. The Morgan fingerprint density at radius 2 is 2.18 bits per heavy atom. The van der Waals surface area contributed by atoms with Crippen LogP contribution in [0.15, 0.2) is 33.3 Å². The van der Waals surface area contributed by atoms with E-state index in [1.54, 1.807) is 0 Å². The van der Waals surface area contributed by atoms with E-state index in [1.165, 1.54) is 11.0 Å². The summed E-state index contributed by atoms with van der Waals surface area (Å²) >= 11 is 6.79. The van der Waals surface area contributed by atoms with Gasteiger partial charge in [-0.05, 0) is 23.8 Å². The lowest BCUT2D eigenvalue weighted by atomic mass is 10.2. The number of nitrogens with zero attached hydrogens (tertiary/aromatic N) is 3. The van der Waals surface area contributed by atoms with Crippen LogP contribution in [0.25, 0.3) is 0 Å². The number of aromatic nitrogens is 3. The zero-order valence-electron chi connectivity index (χ0n) is 8.47. The molecule has 0 radical (unpaired) electrons. The maximum Gasteiger partial charge on any atom is 0.358 e. The molecule has 0 aliphatic carbocycles. The number of carboxylic acid groups (broad SMARTS) is 1. The van der Waals surface area contributed by atoms with Gasteiger partial charge in [0.1, 0.15) is 0 Å². The molecule has 1 N–H and O–H groups in total. The van der Waals surface area contributed by atoms with Gasteiger partial charge in [0.25, 0.3) is 0 Å². The molecule has 0 aliphatic heterocycles. The van der Waals surface area contributed by atoms with E-state index in [0.717, 1.165) is 14.5 Å². The van der Waals surface area contributed by atoms with Gasteiger partial charge in [0.15, 0.2) is 5.69 Å². The molecule has 0 saturated carbocycles. The smallest absolute Gasteiger partial charge is 0.358 e. The van der Waals surface area contributed by atoms with Gasteiger partial charge in [0.05, 0.1) is 12.7 Å². The minimum atomic E-state index is -1.08. The molecule has 1 aromatic carbocycles. The summed E-state index contributed by atoms with van der Waals surface area (Å²) in [5.41, 5.74) is 0.906. The fourth-order valence-electron chi connectivity index (χ4n) is 1.29. The average Bonchev–Trinajstić information content (AvgIpc) is 2.72. The summed E-state index contributed by atoms with van der Waals surface area (Å²) in [6.45, 7) is 0.410. The maximum absolute atomic E-state index is 10.7. The van der Waals surface area contributed by atoms with Gasteiger partial charge in [-0.3, -0.25) is 0 Å². The normalized spacial score (nSPS) is 10.5. The average molecular weight is 361 g/mol. The molecular weight excluding hydrogens is 354 g/mol. The Bertz CT molecular complexity index is 568.